The Labute approximate surface area is 71.2 Å². The van der Waals surface area contributed by atoms with E-state index in [1.165, 1.54) is 5.71 Å². The van der Waals surface area contributed by atoms with Crippen molar-refractivity contribution in [3.8, 4) is 0 Å². The first-order chi connectivity index (χ1) is 5.35. The van der Waals surface area contributed by atoms with Gasteiger partial charge in [0.25, 0.3) is 0 Å². The standard InChI is InChI=1S/C8H15N.C2H6/c1-4-7-9-8(5-2)6-3;1-2/h4,7H,5-6H2,1-3H3;1-2H3/b7-4-;. The van der Waals surface area contributed by atoms with Gasteiger partial charge in [0, 0.05) is 11.9 Å². The molecular weight excluding hydrogens is 134 g/mol. The topological polar surface area (TPSA) is 12.4 Å². The maximum atomic E-state index is 4.22. The minimum Gasteiger partial charge on any atom is -0.266 e. The van der Waals surface area contributed by atoms with E-state index in [2.05, 4.69) is 18.8 Å². The molecule has 11 heavy (non-hydrogen) atoms. The molecule has 0 aromatic rings. The first-order valence-electron chi connectivity index (χ1n) is 4.51. The largest absolute Gasteiger partial charge is 0.266 e. The molecule has 0 radical (unpaired) electrons. The van der Waals surface area contributed by atoms with Gasteiger partial charge < -0.3 is 0 Å². The Kier molecular flexibility index (Phi) is 14.4. The van der Waals surface area contributed by atoms with Crippen LogP contribution in [0.1, 0.15) is 47.5 Å². The Balaban J connectivity index is 0. The SMILES string of the molecule is C/C=C\N=C(CC)CC.CC. The molecule has 0 unspecified atom stereocenters. The number of rotatable bonds is 3. The molecule has 0 rings (SSSR count). The van der Waals surface area contributed by atoms with Crippen LogP contribution in [-0.4, -0.2) is 5.71 Å². The van der Waals surface area contributed by atoms with Gasteiger partial charge in [0.15, 0.2) is 0 Å². The van der Waals surface area contributed by atoms with Crippen molar-refractivity contribution in [2.24, 2.45) is 4.99 Å². The monoisotopic (exact) mass is 155 g/mol. The second-order valence-electron chi connectivity index (χ2n) is 1.88. The Morgan fingerprint density at radius 2 is 1.64 bits per heavy atom. The summed E-state index contributed by atoms with van der Waals surface area (Å²) >= 11 is 0. The summed E-state index contributed by atoms with van der Waals surface area (Å²) in [5, 5.41) is 0. The fraction of sp³-hybridized carbons (Fsp3) is 0.700. The van der Waals surface area contributed by atoms with E-state index in [-0.39, 0.29) is 0 Å². The first-order valence-corrected chi connectivity index (χ1v) is 4.51. The van der Waals surface area contributed by atoms with E-state index in [1.54, 1.807) is 0 Å². The zero-order valence-electron chi connectivity index (χ0n) is 8.52. The highest BCUT2D eigenvalue weighted by atomic mass is 14.7. The van der Waals surface area contributed by atoms with Crippen LogP contribution in [0, 0.1) is 0 Å². The summed E-state index contributed by atoms with van der Waals surface area (Å²) < 4.78 is 0. The van der Waals surface area contributed by atoms with Crippen LogP contribution in [0.25, 0.3) is 0 Å². The van der Waals surface area contributed by atoms with Crippen molar-refractivity contribution in [1.82, 2.24) is 0 Å². The van der Waals surface area contributed by atoms with Gasteiger partial charge in [-0.2, -0.15) is 0 Å². The molecule has 0 amide bonds. The lowest BCUT2D eigenvalue weighted by Crippen LogP contribution is -1.90. The van der Waals surface area contributed by atoms with Gasteiger partial charge >= 0.3 is 0 Å². The van der Waals surface area contributed by atoms with Gasteiger partial charge in [0.1, 0.15) is 0 Å². The highest BCUT2D eigenvalue weighted by molar-refractivity contribution is 5.84. The molecule has 0 aliphatic heterocycles. The van der Waals surface area contributed by atoms with Crippen molar-refractivity contribution in [3.05, 3.63) is 12.3 Å². The number of hydrogen-bond acceptors (Lipinski definition) is 1. The Bertz CT molecular complexity index is 106. The zero-order chi connectivity index (χ0) is 9.11. The molecule has 1 heteroatoms. The molecule has 0 N–H and O–H groups in total. The van der Waals surface area contributed by atoms with Crippen molar-refractivity contribution >= 4 is 5.71 Å². The summed E-state index contributed by atoms with van der Waals surface area (Å²) in [5.41, 5.74) is 1.27. The smallest absolute Gasteiger partial charge is 0.0224 e. The highest BCUT2D eigenvalue weighted by Crippen LogP contribution is 1.91. The molecule has 0 atom stereocenters. The molecule has 0 spiro atoms. The van der Waals surface area contributed by atoms with Crippen LogP contribution < -0.4 is 0 Å². The average Bonchev–Trinajstić information content (AvgIpc) is 2.10. The third kappa shape index (κ3) is 9.41. The summed E-state index contributed by atoms with van der Waals surface area (Å²) in [5.74, 6) is 0. The fourth-order valence-electron chi connectivity index (χ4n) is 0.613. The highest BCUT2D eigenvalue weighted by Gasteiger charge is 1.86. The maximum absolute atomic E-state index is 4.22. The number of nitrogens with zero attached hydrogens (tertiary/aromatic N) is 1. The third-order valence-electron chi connectivity index (χ3n) is 1.22. The summed E-state index contributed by atoms with van der Waals surface area (Å²) in [6.07, 6.45) is 5.94. The number of hydrogen-bond donors (Lipinski definition) is 0. The molecule has 0 fully saturated rings. The van der Waals surface area contributed by atoms with Gasteiger partial charge in [-0.3, -0.25) is 4.99 Å². The predicted molar refractivity (Wildman–Crippen MR) is 54.2 cm³/mol. The molecule has 0 aromatic heterocycles. The second-order valence-corrected chi connectivity index (χ2v) is 1.88. The van der Waals surface area contributed by atoms with Crippen molar-refractivity contribution in [3.63, 3.8) is 0 Å². The van der Waals surface area contributed by atoms with Gasteiger partial charge in [-0.15, -0.1) is 0 Å². The predicted octanol–water partition coefficient (Wildman–Crippen LogP) is 3.81. The normalized spacial score (nSPS) is 8.82. The first kappa shape index (κ1) is 13.0. The molecule has 0 saturated heterocycles. The molecule has 0 aromatic carbocycles. The van der Waals surface area contributed by atoms with E-state index in [0.717, 1.165) is 12.8 Å². The molecule has 0 aliphatic rings. The van der Waals surface area contributed by atoms with Gasteiger partial charge in [-0.1, -0.05) is 33.8 Å². The van der Waals surface area contributed by atoms with Crippen LogP contribution >= 0.6 is 0 Å². The lowest BCUT2D eigenvalue weighted by Gasteiger charge is -1.93. The fourth-order valence-corrected chi connectivity index (χ4v) is 0.613. The molecule has 0 saturated carbocycles. The molecule has 1 nitrogen and oxygen atoms in total. The van der Waals surface area contributed by atoms with E-state index < -0.39 is 0 Å². The van der Waals surface area contributed by atoms with Gasteiger partial charge in [0.2, 0.25) is 0 Å². The summed E-state index contributed by atoms with van der Waals surface area (Å²) in [7, 11) is 0. The van der Waals surface area contributed by atoms with Crippen LogP contribution in [0.5, 0.6) is 0 Å². The average molecular weight is 155 g/mol. The number of aliphatic imine (C=N–C) groups is 1. The van der Waals surface area contributed by atoms with E-state index in [4.69, 9.17) is 0 Å². The minimum absolute atomic E-state index is 1.07. The Morgan fingerprint density at radius 1 is 1.18 bits per heavy atom. The lowest BCUT2D eigenvalue weighted by molar-refractivity contribution is 1.15. The lowest BCUT2D eigenvalue weighted by atomic mass is 10.2. The zero-order valence-corrected chi connectivity index (χ0v) is 8.52. The molecule has 0 aliphatic carbocycles. The van der Waals surface area contributed by atoms with Crippen molar-refractivity contribution in [1.29, 1.82) is 0 Å². The number of allylic oxidation sites excluding steroid dienone is 1. The Hall–Kier alpha value is -0.590. The molecule has 0 heterocycles. The van der Waals surface area contributed by atoms with E-state index in [1.807, 2.05) is 33.0 Å². The summed E-state index contributed by atoms with van der Waals surface area (Å²) in [6.45, 7) is 10.2. The van der Waals surface area contributed by atoms with Crippen LogP contribution in [0.2, 0.25) is 0 Å². The van der Waals surface area contributed by atoms with Crippen LogP contribution in [0.15, 0.2) is 17.3 Å². The summed E-state index contributed by atoms with van der Waals surface area (Å²) in [4.78, 5) is 4.22. The third-order valence-corrected chi connectivity index (χ3v) is 1.22. The van der Waals surface area contributed by atoms with Crippen molar-refractivity contribution in [2.45, 2.75) is 47.5 Å². The second kappa shape index (κ2) is 12.1. The van der Waals surface area contributed by atoms with E-state index in [9.17, 15) is 0 Å². The quantitative estimate of drug-likeness (QED) is 0.550. The van der Waals surface area contributed by atoms with E-state index in [0.29, 0.717) is 0 Å². The van der Waals surface area contributed by atoms with Crippen molar-refractivity contribution in [2.75, 3.05) is 0 Å². The molecule has 0 bridgehead atoms. The molecular formula is C10H21N. The van der Waals surface area contributed by atoms with Crippen LogP contribution in [-0.2, 0) is 0 Å². The van der Waals surface area contributed by atoms with E-state index >= 15 is 0 Å². The molecule has 66 valence electrons. The van der Waals surface area contributed by atoms with Gasteiger partial charge in [-0.05, 0) is 19.8 Å². The Morgan fingerprint density at radius 3 is 1.91 bits per heavy atom. The van der Waals surface area contributed by atoms with Gasteiger partial charge in [-0.25, -0.2) is 0 Å². The van der Waals surface area contributed by atoms with Gasteiger partial charge in [0.05, 0.1) is 0 Å². The van der Waals surface area contributed by atoms with Crippen LogP contribution in [0.3, 0.4) is 0 Å². The maximum Gasteiger partial charge on any atom is 0.0224 e. The minimum atomic E-state index is 1.07. The summed E-state index contributed by atoms with van der Waals surface area (Å²) in [6, 6.07) is 0. The van der Waals surface area contributed by atoms with Crippen LogP contribution in [0.4, 0.5) is 0 Å². The van der Waals surface area contributed by atoms with Crippen molar-refractivity contribution < 1.29 is 0 Å².